The second kappa shape index (κ2) is 7.61. The van der Waals surface area contributed by atoms with E-state index in [0.717, 1.165) is 35.7 Å². The maximum Gasteiger partial charge on any atom is 0.351 e. The Balaban J connectivity index is 1.74. The maximum absolute atomic E-state index is 13.1. The van der Waals surface area contributed by atoms with Gasteiger partial charge in [-0.2, -0.15) is 5.10 Å². The van der Waals surface area contributed by atoms with Crippen LogP contribution in [0.4, 0.5) is 0 Å². The van der Waals surface area contributed by atoms with E-state index in [1.54, 1.807) is 11.7 Å². The molecule has 1 aliphatic heterocycles. The number of benzene rings is 2. The molecule has 0 radical (unpaired) electrons. The summed E-state index contributed by atoms with van der Waals surface area (Å²) in [7, 11) is 1.66. The molecule has 0 aliphatic carbocycles. The van der Waals surface area contributed by atoms with Gasteiger partial charge in [0.05, 0.1) is 18.8 Å². The van der Waals surface area contributed by atoms with Crippen LogP contribution in [0.5, 0.6) is 5.75 Å². The molecule has 1 aliphatic rings. The number of methoxy groups -OCH3 is 1. The lowest BCUT2D eigenvalue weighted by Gasteiger charge is -2.15. The molecule has 3 aromatic rings. The third-order valence-electron chi connectivity index (χ3n) is 5.35. The second-order valence-corrected chi connectivity index (χ2v) is 7.08. The lowest BCUT2D eigenvalue weighted by molar-refractivity contribution is 0.406. The molecule has 1 fully saturated rings. The summed E-state index contributed by atoms with van der Waals surface area (Å²) in [6, 6.07) is 15.7. The Morgan fingerprint density at radius 2 is 1.86 bits per heavy atom. The van der Waals surface area contributed by atoms with Crippen LogP contribution >= 0.6 is 0 Å². The molecular formula is C21H25N5O2. The van der Waals surface area contributed by atoms with Crippen LogP contribution in [-0.2, 0) is 0 Å². The predicted octanol–water partition coefficient (Wildman–Crippen LogP) is 2.15. The van der Waals surface area contributed by atoms with Crippen LogP contribution in [0.15, 0.2) is 53.3 Å². The number of hydrogen-bond donors (Lipinski definition) is 2. The van der Waals surface area contributed by atoms with Crippen molar-refractivity contribution in [3.8, 4) is 11.4 Å². The highest BCUT2D eigenvalue weighted by atomic mass is 16.5. The average Bonchev–Trinajstić information content (AvgIpc) is 3.36. The van der Waals surface area contributed by atoms with Gasteiger partial charge in [0.15, 0.2) is 0 Å². The molecule has 2 heterocycles. The topological polar surface area (TPSA) is 73.1 Å². The van der Waals surface area contributed by atoms with E-state index < -0.39 is 0 Å². The second-order valence-electron chi connectivity index (χ2n) is 7.08. The summed E-state index contributed by atoms with van der Waals surface area (Å²) in [5, 5.41) is 4.52. The number of hydrazine groups is 1. The van der Waals surface area contributed by atoms with Crippen LogP contribution in [0.1, 0.15) is 35.8 Å². The van der Waals surface area contributed by atoms with Crippen LogP contribution in [0.3, 0.4) is 0 Å². The van der Waals surface area contributed by atoms with E-state index in [0.29, 0.717) is 11.7 Å². The molecule has 1 aromatic heterocycles. The van der Waals surface area contributed by atoms with Gasteiger partial charge < -0.3 is 4.74 Å². The van der Waals surface area contributed by atoms with E-state index in [2.05, 4.69) is 16.0 Å². The molecule has 1 atom stereocenters. The number of aromatic nitrogens is 3. The molecular weight excluding hydrogens is 354 g/mol. The molecule has 0 spiro atoms. The maximum atomic E-state index is 13.1. The van der Waals surface area contributed by atoms with Crippen LogP contribution in [0.25, 0.3) is 5.69 Å². The molecule has 1 unspecified atom stereocenters. The SMILES string of the molecule is COc1cc(-n2c(C)nn(C(C)c3ccccc3)c2=O)ccc1C1CNNC1. The van der Waals surface area contributed by atoms with Gasteiger partial charge in [0.25, 0.3) is 0 Å². The fourth-order valence-corrected chi connectivity index (χ4v) is 3.77. The molecule has 4 rings (SSSR count). The minimum Gasteiger partial charge on any atom is -0.496 e. The lowest BCUT2D eigenvalue weighted by atomic mass is 9.99. The molecule has 28 heavy (non-hydrogen) atoms. The molecule has 7 heteroatoms. The molecule has 0 amide bonds. The number of nitrogens with zero attached hydrogens (tertiary/aromatic N) is 3. The van der Waals surface area contributed by atoms with E-state index in [-0.39, 0.29) is 11.7 Å². The Morgan fingerprint density at radius 1 is 1.14 bits per heavy atom. The summed E-state index contributed by atoms with van der Waals surface area (Å²) < 4.78 is 8.80. The Kier molecular flexibility index (Phi) is 5.02. The molecule has 2 aromatic carbocycles. The lowest BCUT2D eigenvalue weighted by Crippen LogP contribution is -2.27. The number of hydrogen-bond acceptors (Lipinski definition) is 5. The van der Waals surface area contributed by atoms with Gasteiger partial charge in [-0.3, -0.25) is 10.9 Å². The number of rotatable bonds is 5. The van der Waals surface area contributed by atoms with E-state index in [4.69, 9.17) is 4.74 Å². The Morgan fingerprint density at radius 3 is 2.54 bits per heavy atom. The highest BCUT2D eigenvalue weighted by Gasteiger charge is 2.22. The van der Waals surface area contributed by atoms with Gasteiger partial charge >= 0.3 is 5.69 Å². The summed E-state index contributed by atoms with van der Waals surface area (Å²) in [4.78, 5) is 13.1. The van der Waals surface area contributed by atoms with Crippen molar-refractivity contribution in [3.05, 3.63) is 76.0 Å². The van der Waals surface area contributed by atoms with Gasteiger partial charge in [0.2, 0.25) is 0 Å². The summed E-state index contributed by atoms with van der Waals surface area (Å²) >= 11 is 0. The van der Waals surface area contributed by atoms with Gasteiger partial charge in [-0.1, -0.05) is 36.4 Å². The van der Waals surface area contributed by atoms with Crippen molar-refractivity contribution in [2.24, 2.45) is 0 Å². The molecule has 0 saturated carbocycles. The van der Waals surface area contributed by atoms with Crippen LogP contribution in [-0.4, -0.2) is 34.5 Å². The molecule has 0 bridgehead atoms. The van der Waals surface area contributed by atoms with Gasteiger partial charge in [0.1, 0.15) is 11.6 Å². The summed E-state index contributed by atoms with van der Waals surface area (Å²) in [6.07, 6.45) is 0. The molecule has 1 saturated heterocycles. The Labute approximate surface area is 163 Å². The summed E-state index contributed by atoms with van der Waals surface area (Å²) in [6.45, 7) is 5.53. The standard InChI is InChI=1S/C21H25N5O2/c1-14(16-7-5-4-6-8-16)26-21(27)25(15(2)24-26)18-9-10-19(20(11-18)28-3)17-12-22-23-13-17/h4-11,14,17,22-23H,12-13H2,1-3H3. The van der Waals surface area contributed by atoms with Gasteiger partial charge in [-0.15, -0.1) is 0 Å². The Bertz CT molecular complexity index is 1020. The number of ether oxygens (including phenoxy) is 1. The normalized spacial score (nSPS) is 15.7. The third kappa shape index (κ3) is 3.23. The fraction of sp³-hybridized carbons (Fsp3) is 0.333. The quantitative estimate of drug-likeness (QED) is 0.711. The van der Waals surface area contributed by atoms with Crippen molar-refractivity contribution in [2.75, 3.05) is 20.2 Å². The number of aryl methyl sites for hydroxylation is 1. The van der Waals surface area contributed by atoms with E-state index in [1.165, 1.54) is 4.68 Å². The fourth-order valence-electron chi connectivity index (χ4n) is 3.77. The van der Waals surface area contributed by atoms with E-state index in [9.17, 15) is 4.79 Å². The zero-order valence-electron chi connectivity index (χ0n) is 16.3. The monoisotopic (exact) mass is 379 g/mol. The minimum absolute atomic E-state index is 0.148. The first-order chi connectivity index (χ1) is 13.6. The first-order valence-electron chi connectivity index (χ1n) is 9.47. The predicted molar refractivity (Wildman–Crippen MR) is 108 cm³/mol. The third-order valence-corrected chi connectivity index (χ3v) is 5.35. The summed E-state index contributed by atoms with van der Waals surface area (Å²) in [5.74, 6) is 1.76. The van der Waals surface area contributed by atoms with Crippen LogP contribution in [0.2, 0.25) is 0 Å². The smallest absolute Gasteiger partial charge is 0.351 e. The van der Waals surface area contributed by atoms with Gasteiger partial charge in [-0.25, -0.2) is 14.0 Å². The minimum atomic E-state index is -0.159. The molecule has 7 nitrogen and oxygen atoms in total. The largest absolute Gasteiger partial charge is 0.496 e. The zero-order valence-corrected chi connectivity index (χ0v) is 16.3. The van der Waals surface area contributed by atoms with Crippen molar-refractivity contribution >= 4 is 0 Å². The highest BCUT2D eigenvalue weighted by Crippen LogP contribution is 2.29. The first-order valence-corrected chi connectivity index (χ1v) is 9.47. The van der Waals surface area contributed by atoms with E-state index in [1.807, 2.05) is 62.4 Å². The van der Waals surface area contributed by atoms with Crippen molar-refractivity contribution in [1.82, 2.24) is 25.2 Å². The molecule has 2 N–H and O–H groups in total. The van der Waals surface area contributed by atoms with Crippen LogP contribution < -0.4 is 21.3 Å². The van der Waals surface area contributed by atoms with Crippen molar-refractivity contribution in [3.63, 3.8) is 0 Å². The molecule has 146 valence electrons. The van der Waals surface area contributed by atoms with Crippen LogP contribution in [0, 0.1) is 6.92 Å². The van der Waals surface area contributed by atoms with Crippen molar-refractivity contribution in [1.29, 1.82) is 0 Å². The first kappa shape index (κ1) is 18.5. The zero-order chi connectivity index (χ0) is 19.7. The number of nitrogens with one attached hydrogen (secondary N) is 2. The van der Waals surface area contributed by atoms with Crippen molar-refractivity contribution in [2.45, 2.75) is 25.8 Å². The van der Waals surface area contributed by atoms with Gasteiger partial charge in [-0.05, 0) is 31.0 Å². The summed E-state index contributed by atoms with van der Waals surface area (Å²) in [5.41, 5.74) is 9.06. The van der Waals surface area contributed by atoms with Crippen molar-refractivity contribution < 1.29 is 4.74 Å². The van der Waals surface area contributed by atoms with E-state index >= 15 is 0 Å². The van der Waals surface area contributed by atoms with Gasteiger partial charge in [0, 0.05) is 25.1 Å². The highest BCUT2D eigenvalue weighted by molar-refractivity contribution is 5.47. The average molecular weight is 379 g/mol. The Hall–Kier alpha value is -2.90.